The van der Waals surface area contributed by atoms with Crippen LogP contribution < -0.4 is 0 Å². The van der Waals surface area contributed by atoms with Crippen molar-refractivity contribution in [3.05, 3.63) is 60.0 Å². The summed E-state index contributed by atoms with van der Waals surface area (Å²) in [6.07, 6.45) is -2.68. The summed E-state index contributed by atoms with van der Waals surface area (Å²) in [5.41, 5.74) is 0.984. The van der Waals surface area contributed by atoms with Crippen LogP contribution in [0.4, 0.5) is 13.2 Å². The lowest BCUT2D eigenvalue weighted by atomic mass is 10.1. The zero-order chi connectivity index (χ0) is 15.0. The van der Waals surface area contributed by atoms with E-state index in [1.54, 1.807) is 28.8 Å². The van der Waals surface area contributed by atoms with Crippen molar-refractivity contribution in [3.8, 4) is 17.3 Å². The number of pyridine rings is 1. The Balaban J connectivity index is 2.15. The lowest BCUT2D eigenvalue weighted by Crippen LogP contribution is -2.04. The standard InChI is InChI=1S/C15H8F3N3/c16-15(17,18)11-6-4-10(5-7-11)14-12-3-1-2-8-21(12)13(9-19)20-14/h1-8H. The van der Waals surface area contributed by atoms with Gasteiger partial charge in [0.1, 0.15) is 6.07 Å². The van der Waals surface area contributed by atoms with Crippen LogP contribution >= 0.6 is 0 Å². The highest BCUT2D eigenvalue weighted by Gasteiger charge is 2.30. The van der Waals surface area contributed by atoms with Crippen LogP contribution in [0.25, 0.3) is 16.8 Å². The molecule has 0 spiro atoms. The summed E-state index contributed by atoms with van der Waals surface area (Å²) < 4.78 is 39.3. The number of alkyl halides is 3. The zero-order valence-corrected chi connectivity index (χ0v) is 10.6. The average Bonchev–Trinajstić information content (AvgIpc) is 2.85. The molecule has 0 saturated heterocycles. The van der Waals surface area contributed by atoms with E-state index in [1.165, 1.54) is 12.1 Å². The first-order chi connectivity index (χ1) is 10.0. The van der Waals surface area contributed by atoms with E-state index in [0.717, 1.165) is 12.1 Å². The van der Waals surface area contributed by atoms with Gasteiger partial charge in [-0.05, 0) is 24.3 Å². The third kappa shape index (κ3) is 2.23. The Kier molecular flexibility index (Phi) is 2.91. The molecular formula is C15H8F3N3. The van der Waals surface area contributed by atoms with Gasteiger partial charge < -0.3 is 0 Å². The Bertz CT molecular complexity index is 839. The molecule has 3 nitrogen and oxygen atoms in total. The van der Waals surface area contributed by atoms with Crippen molar-refractivity contribution in [2.75, 3.05) is 0 Å². The third-order valence-corrected chi connectivity index (χ3v) is 3.13. The van der Waals surface area contributed by atoms with Crippen LogP contribution in [0.15, 0.2) is 48.7 Å². The summed E-state index contributed by atoms with van der Waals surface area (Å²) in [4.78, 5) is 4.19. The molecule has 0 aliphatic rings. The van der Waals surface area contributed by atoms with Crippen LogP contribution in [-0.4, -0.2) is 9.38 Å². The quantitative estimate of drug-likeness (QED) is 0.681. The van der Waals surface area contributed by atoms with E-state index < -0.39 is 11.7 Å². The highest BCUT2D eigenvalue weighted by atomic mass is 19.4. The molecule has 3 rings (SSSR count). The summed E-state index contributed by atoms with van der Waals surface area (Å²) >= 11 is 0. The average molecular weight is 287 g/mol. The fraction of sp³-hybridized carbons (Fsp3) is 0.0667. The third-order valence-electron chi connectivity index (χ3n) is 3.13. The number of benzene rings is 1. The molecule has 0 fully saturated rings. The van der Waals surface area contributed by atoms with Crippen LogP contribution in [-0.2, 0) is 6.18 Å². The maximum absolute atomic E-state index is 12.6. The predicted octanol–water partition coefficient (Wildman–Crippen LogP) is 3.89. The Labute approximate surface area is 117 Å². The van der Waals surface area contributed by atoms with E-state index in [0.29, 0.717) is 16.8 Å². The van der Waals surface area contributed by atoms with Crippen molar-refractivity contribution in [2.45, 2.75) is 6.18 Å². The van der Waals surface area contributed by atoms with Gasteiger partial charge in [0, 0.05) is 11.8 Å². The van der Waals surface area contributed by atoms with Crippen molar-refractivity contribution in [1.82, 2.24) is 9.38 Å². The maximum atomic E-state index is 12.6. The summed E-state index contributed by atoms with van der Waals surface area (Å²) in [7, 11) is 0. The number of aromatic nitrogens is 2. The number of hydrogen-bond acceptors (Lipinski definition) is 2. The first-order valence-electron chi connectivity index (χ1n) is 6.05. The number of rotatable bonds is 1. The van der Waals surface area contributed by atoms with Gasteiger partial charge in [0.2, 0.25) is 5.82 Å². The molecule has 0 saturated carbocycles. The minimum atomic E-state index is -4.37. The Morgan fingerprint density at radius 1 is 1.05 bits per heavy atom. The molecule has 6 heteroatoms. The smallest absolute Gasteiger partial charge is 0.291 e. The molecule has 0 N–H and O–H groups in total. The van der Waals surface area contributed by atoms with Crippen LogP contribution in [0.1, 0.15) is 11.4 Å². The molecule has 3 aromatic rings. The Hall–Kier alpha value is -2.81. The molecule has 0 amide bonds. The van der Waals surface area contributed by atoms with E-state index >= 15 is 0 Å². The Morgan fingerprint density at radius 3 is 2.38 bits per heavy atom. The molecule has 0 radical (unpaired) electrons. The van der Waals surface area contributed by atoms with Gasteiger partial charge in [0.25, 0.3) is 0 Å². The largest absolute Gasteiger partial charge is 0.416 e. The van der Waals surface area contributed by atoms with E-state index in [9.17, 15) is 13.2 Å². The van der Waals surface area contributed by atoms with E-state index in [4.69, 9.17) is 5.26 Å². The first-order valence-corrected chi connectivity index (χ1v) is 6.05. The molecule has 0 unspecified atom stereocenters. The minimum absolute atomic E-state index is 0.195. The second-order valence-electron chi connectivity index (χ2n) is 4.43. The van der Waals surface area contributed by atoms with Crippen molar-refractivity contribution in [3.63, 3.8) is 0 Å². The van der Waals surface area contributed by atoms with Gasteiger partial charge >= 0.3 is 6.18 Å². The fourth-order valence-electron chi connectivity index (χ4n) is 2.15. The van der Waals surface area contributed by atoms with Gasteiger partial charge in [-0.25, -0.2) is 4.98 Å². The number of hydrogen-bond donors (Lipinski definition) is 0. The highest BCUT2D eigenvalue weighted by Crippen LogP contribution is 2.31. The van der Waals surface area contributed by atoms with Crippen molar-refractivity contribution in [1.29, 1.82) is 5.26 Å². The van der Waals surface area contributed by atoms with Gasteiger partial charge in [0.15, 0.2) is 0 Å². The van der Waals surface area contributed by atoms with Crippen LogP contribution in [0.3, 0.4) is 0 Å². The summed E-state index contributed by atoms with van der Waals surface area (Å²) in [6.45, 7) is 0. The van der Waals surface area contributed by atoms with Crippen LogP contribution in [0.5, 0.6) is 0 Å². The first kappa shape index (κ1) is 13.2. The van der Waals surface area contributed by atoms with Gasteiger partial charge in [-0.15, -0.1) is 0 Å². The number of fused-ring (bicyclic) bond motifs is 1. The lowest BCUT2D eigenvalue weighted by molar-refractivity contribution is -0.137. The minimum Gasteiger partial charge on any atom is -0.291 e. The fourth-order valence-corrected chi connectivity index (χ4v) is 2.15. The second-order valence-corrected chi connectivity index (χ2v) is 4.43. The molecular weight excluding hydrogens is 279 g/mol. The SMILES string of the molecule is N#Cc1nc(-c2ccc(C(F)(F)F)cc2)c2ccccn12. The molecule has 0 bridgehead atoms. The van der Waals surface area contributed by atoms with Crippen LogP contribution in [0, 0.1) is 11.3 Å². The normalized spacial score (nSPS) is 11.5. The summed E-state index contributed by atoms with van der Waals surface area (Å²) in [5.74, 6) is 0.195. The molecule has 0 aliphatic carbocycles. The van der Waals surface area contributed by atoms with Gasteiger partial charge in [-0.2, -0.15) is 18.4 Å². The number of nitrogens with zero attached hydrogens (tertiary/aromatic N) is 3. The number of nitriles is 1. The van der Waals surface area contributed by atoms with Crippen molar-refractivity contribution in [2.24, 2.45) is 0 Å². The molecule has 2 aromatic heterocycles. The van der Waals surface area contributed by atoms with E-state index in [1.807, 2.05) is 6.07 Å². The maximum Gasteiger partial charge on any atom is 0.416 e. The van der Waals surface area contributed by atoms with Crippen molar-refractivity contribution < 1.29 is 13.2 Å². The van der Waals surface area contributed by atoms with E-state index in [2.05, 4.69) is 4.98 Å². The molecule has 0 aliphatic heterocycles. The molecule has 0 atom stereocenters. The topological polar surface area (TPSA) is 41.1 Å². The molecule has 1 aromatic carbocycles. The van der Waals surface area contributed by atoms with Gasteiger partial charge in [0.05, 0.1) is 16.8 Å². The van der Waals surface area contributed by atoms with Gasteiger partial charge in [-0.3, -0.25) is 4.40 Å². The summed E-state index contributed by atoms with van der Waals surface area (Å²) in [5, 5.41) is 9.06. The van der Waals surface area contributed by atoms with Crippen molar-refractivity contribution >= 4 is 5.52 Å². The predicted molar refractivity (Wildman–Crippen MR) is 70.3 cm³/mol. The molecule has 21 heavy (non-hydrogen) atoms. The summed E-state index contributed by atoms with van der Waals surface area (Å²) in [6, 6.07) is 12.0. The molecule has 104 valence electrons. The monoisotopic (exact) mass is 287 g/mol. The zero-order valence-electron chi connectivity index (χ0n) is 10.6. The van der Waals surface area contributed by atoms with Crippen LogP contribution in [0.2, 0.25) is 0 Å². The molecule has 2 heterocycles. The van der Waals surface area contributed by atoms with Gasteiger partial charge in [-0.1, -0.05) is 18.2 Å². The lowest BCUT2D eigenvalue weighted by Gasteiger charge is -2.06. The number of imidazole rings is 1. The number of halogens is 3. The Morgan fingerprint density at radius 2 is 1.76 bits per heavy atom. The second kappa shape index (κ2) is 4.63. The highest BCUT2D eigenvalue weighted by molar-refractivity contribution is 5.78. The van der Waals surface area contributed by atoms with E-state index in [-0.39, 0.29) is 5.82 Å².